The van der Waals surface area contributed by atoms with Crippen LogP contribution in [0.25, 0.3) is 0 Å². The zero-order chi connectivity index (χ0) is 19.8. The predicted octanol–water partition coefficient (Wildman–Crippen LogP) is 3.48. The number of nitrogens with zero attached hydrogens (tertiary/aromatic N) is 4. The fraction of sp³-hybridized carbons (Fsp3) is 0.625. The molecule has 0 N–H and O–H groups in total. The van der Waals surface area contributed by atoms with Crippen molar-refractivity contribution in [1.82, 2.24) is 19.4 Å². The first-order valence-electron chi connectivity index (χ1n) is 11.2. The van der Waals surface area contributed by atoms with Crippen LogP contribution in [0, 0.1) is 11.3 Å². The average molecular weight is 395 g/mol. The molecule has 1 saturated carbocycles. The summed E-state index contributed by atoms with van der Waals surface area (Å²) in [5.41, 5.74) is 1.70. The highest BCUT2D eigenvalue weighted by Crippen LogP contribution is 2.52. The van der Waals surface area contributed by atoms with Gasteiger partial charge >= 0.3 is 0 Å². The first kappa shape index (κ1) is 19.3. The van der Waals surface area contributed by atoms with E-state index in [1.54, 1.807) is 0 Å². The Morgan fingerprint density at radius 1 is 1.10 bits per heavy atom. The Balaban J connectivity index is 1.17. The van der Waals surface area contributed by atoms with Gasteiger partial charge in [0.1, 0.15) is 5.82 Å². The summed E-state index contributed by atoms with van der Waals surface area (Å²) in [6.45, 7) is 9.00. The first-order valence-corrected chi connectivity index (χ1v) is 11.2. The van der Waals surface area contributed by atoms with Crippen molar-refractivity contribution in [2.24, 2.45) is 18.4 Å². The van der Waals surface area contributed by atoms with Crippen molar-refractivity contribution in [3.8, 4) is 0 Å². The third kappa shape index (κ3) is 3.88. The second kappa shape index (κ2) is 7.86. The third-order valence-corrected chi connectivity index (χ3v) is 7.74. The molecule has 1 aromatic carbocycles. The summed E-state index contributed by atoms with van der Waals surface area (Å²) in [6, 6.07) is 11.5. The number of hydrogen-bond acceptors (Lipinski definition) is 4. The number of fused-ring (bicyclic) bond motifs is 1. The number of ether oxygens (including phenoxy) is 1. The Morgan fingerprint density at radius 2 is 1.90 bits per heavy atom. The molecule has 0 bridgehead atoms. The fourth-order valence-corrected chi connectivity index (χ4v) is 5.79. The molecule has 0 radical (unpaired) electrons. The summed E-state index contributed by atoms with van der Waals surface area (Å²) in [4.78, 5) is 9.80. The van der Waals surface area contributed by atoms with Crippen LogP contribution in [-0.4, -0.2) is 58.2 Å². The summed E-state index contributed by atoms with van der Waals surface area (Å²) in [6.07, 6.45) is 8.02. The molecule has 4 atom stereocenters. The lowest BCUT2D eigenvalue weighted by Gasteiger charge is -2.40. The van der Waals surface area contributed by atoms with Crippen LogP contribution in [0.5, 0.6) is 0 Å². The van der Waals surface area contributed by atoms with Gasteiger partial charge in [0.15, 0.2) is 0 Å². The summed E-state index contributed by atoms with van der Waals surface area (Å²) in [5, 5.41) is 0. The Bertz CT molecular complexity index is 813. The van der Waals surface area contributed by atoms with Gasteiger partial charge in [-0.15, -0.1) is 0 Å². The van der Waals surface area contributed by atoms with Crippen LogP contribution in [0.3, 0.4) is 0 Å². The number of benzene rings is 1. The Morgan fingerprint density at radius 3 is 2.62 bits per heavy atom. The average Bonchev–Trinajstić information content (AvgIpc) is 3.31. The molecular formula is C24H34N4O. The van der Waals surface area contributed by atoms with Crippen LogP contribution in [0.15, 0.2) is 42.7 Å². The summed E-state index contributed by atoms with van der Waals surface area (Å²) >= 11 is 0. The van der Waals surface area contributed by atoms with Crippen molar-refractivity contribution in [1.29, 1.82) is 0 Å². The van der Waals surface area contributed by atoms with E-state index in [0.29, 0.717) is 5.41 Å². The van der Waals surface area contributed by atoms with Crippen LogP contribution >= 0.6 is 0 Å². The van der Waals surface area contributed by atoms with E-state index >= 15 is 0 Å². The van der Waals surface area contributed by atoms with Crippen LogP contribution in [0.2, 0.25) is 0 Å². The lowest BCUT2D eigenvalue weighted by atomic mass is 9.75. The van der Waals surface area contributed by atoms with E-state index in [9.17, 15) is 0 Å². The van der Waals surface area contributed by atoms with Crippen LogP contribution in [0.4, 0.5) is 0 Å². The zero-order valence-corrected chi connectivity index (χ0v) is 17.8. The van der Waals surface area contributed by atoms with Gasteiger partial charge in [0.05, 0.1) is 19.3 Å². The molecule has 2 saturated heterocycles. The fourth-order valence-electron chi connectivity index (χ4n) is 5.79. The smallest absolute Gasteiger partial charge is 0.122 e. The molecule has 29 heavy (non-hydrogen) atoms. The Kier molecular flexibility index (Phi) is 5.23. The minimum atomic E-state index is 0.280. The van der Waals surface area contributed by atoms with E-state index in [1.165, 1.54) is 43.7 Å². The highest BCUT2D eigenvalue weighted by molar-refractivity contribution is 5.19. The highest BCUT2D eigenvalue weighted by Gasteiger charge is 2.49. The number of imidazole rings is 1. The zero-order valence-electron chi connectivity index (χ0n) is 17.8. The molecule has 2 aromatic rings. The summed E-state index contributed by atoms with van der Waals surface area (Å²) in [5.74, 6) is 1.94. The Hall–Kier alpha value is -1.69. The van der Waals surface area contributed by atoms with Gasteiger partial charge in [-0.05, 0) is 36.2 Å². The lowest BCUT2D eigenvalue weighted by molar-refractivity contribution is -0.0819. The van der Waals surface area contributed by atoms with Crippen molar-refractivity contribution >= 4 is 0 Å². The van der Waals surface area contributed by atoms with E-state index in [4.69, 9.17) is 4.74 Å². The maximum Gasteiger partial charge on any atom is 0.122 e. The molecule has 0 amide bonds. The summed E-state index contributed by atoms with van der Waals surface area (Å²) < 4.78 is 8.50. The van der Waals surface area contributed by atoms with Crippen molar-refractivity contribution in [2.75, 3.05) is 32.8 Å². The maximum absolute atomic E-state index is 6.37. The molecule has 3 fully saturated rings. The number of piperazine rings is 1. The third-order valence-electron chi connectivity index (χ3n) is 7.74. The molecule has 3 aliphatic rings. The van der Waals surface area contributed by atoms with Crippen molar-refractivity contribution in [2.45, 2.75) is 44.9 Å². The maximum atomic E-state index is 6.37. The van der Waals surface area contributed by atoms with Gasteiger partial charge in [0.2, 0.25) is 0 Å². The molecule has 5 nitrogen and oxygen atoms in total. The van der Waals surface area contributed by atoms with Crippen molar-refractivity contribution < 1.29 is 4.74 Å². The van der Waals surface area contributed by atoms with Gasteiger partial charge in [-0.3, -0.25) is 9.80 Å². The normalized spacial score (nSPS) is 33.7. The van der Waals surface area contributed by atoms with Gasteiger partial charge in [-0.1, -0.05) is 37.3 Å². The van der Waals surface area contributed by atoms with E-state index in [-0.39, 0.29) is 6.10 Å². The Labute approximate surface area is 174 Å². The summed E-state index contributed by atoms with van der Waals surface area (Å²) in [7, 11) is 2.09. The molecule has 5 rings (SSSR count). The molecule has 5 heteroatoms. The molecule has 0 spiro atoms. The second-order valence-corrected chi connectivity index (χ2v) is 9.66. The predicted molar refractivity (Wildman–Crippen MR) is 114 cm³/mol. The molecule has 1 aliphatic carbocycles. The number of aromatic nitrogens is 2. The van der Waals surface area contributed by atoms with E-state index < -0.39 is 0 Å². The van der Waals surface area contributed by atoms with Crippen molar-refractivity contribution in [3.05, 3.63) is 54.1 Å². The van der Waals surface area contributed by atoms with Gasteiger partial charge in [-0.2, -0.15) is 0 Å². The van der Waals surface area contributed by atoms with Crippen LogP contribution in [-0.2, 0) is 18.3 Å². The van der Waals surface area contributed by atoms with E-state index in [0.717, 1.165) is 38.2 Å². The molecule has 156 valence electrons. The SMILES string of the molecule is Cn1ccnc1CN1CCN([C@H]2C[C@H]3C[C@@H](c4ccccc4)OC[C@@]3(C)C2)CC1. The largest absolute Gasteiger partial charge is 0.373 e. The monoisotopic (exact) mass is 394 g/mol. The topological polar surface area (TPSA) is 33.5 Å². The van der Waals surface area contributed by atoms with Gasteiger partial charge in [0, 0.05) is 51.7 Å². The molecule has 2 aliphatic heterocycles. The highest BCUT2D eigenvalue weighted by atomic mass is 16.5. The molecule has 0 unspecified atom stereocenters. The van der Waals surface area contributed by atoms with Gasteiger partial charge in [-0.25, -0.2) is 4.98 Å². The van der Waals surface area contributed by atoms with Crippen LogP contribution < -0.4 is 0 Å². The van der Waals surface area contributed by atoms with E-state index in [2.05, 4.69) is 63.7 Å². The first-order chi connectivity index (χ1) is 14.1. The minimum Gasteiger partial charge on any atom is -0.373 e. The van der Waals surface area contributed by atoms with E-state index in [1.807, 2.05) is 12.4 Å². The molecule has 3 heterocycles. The lowest BCUT2D eigenvalue weighted by Crippen LogP contribution is -2.49. The number of aryl methyl sites for hydroxylation is 1. The van der Waals surface area contributed by atoms with Gasteiger partial charge < -0.3 is 9.30 Å². The number of hydrogen-bond donors (Lipinski definition) is 0. The minimum absolute atomic E-state index is 0.280. The standard InChI is InChI=1S/C24H34N4O/c1-24-16-21(14-20(24)15-22(29-18-24)19-6-4-3-5-7-19)28-12-10-27(11-13-28)17-23-25-8-9-26(23)2/h3-9,20-22H,10-18H2,1-2H3/t20-,21-,22-,24+/m0/s1. The van der Waals surface area contributed by atoms with Crippen LogP contribution in [0.1, 0.15) is 43.7 Å². The second-order valence-electron chi connectivity index (χ2n) is 9.66. The number of rotatable bonds is 4. The molecule has 1 aromatic heterocycles. The quantitative estimate of drug-likeness (QED) is 0.795. The van der Waals surface area contributed by atoms with Gasteiger partial charge in [0.25, 0.3) is 0 Å². The van der Waals surface area contributed by atoms with Crippen molar-refractivity contribution in [3.63, 3.8) is 0 Å². The molecular weight excluding hydrogens is 360 g/mol.